The molecule has 1 fully saturated rings. The summed E-state index contributed by atoms with van der Waals surface area (Å²) < 4.78 is 5.27. The Morgan fingerprint density at radius 3 is 2.59 bits per heavy atom. The zero-order chi connectivity index (χ0) is 12.5. The number of benzene rings is 1. The Morgan fingerprint density at radius 1 is 1.41 bits per heavy atom. The molecule has 94 valence electrons. The van der Waals surface area contributed by atoms with Crippen LogP contribution in [-0.2, 0) is 0 Å². The van der Waals surface area contributed by atoms with Gasteiger partial charge in [0, 0.05) is 11.5 Å². The van der Waals surface area contributed by atoms with E-state index in [1.807, 2.05) is 12.1 Å². The highest BCUT2D eigenvalue weighted by Gasteiger charge is 2.50. The van der Waals surface area contributed by atoms with E-state index in [1.54, 1.807) is 7.11 Å². The average molecular weight is 235 g/mol. The van der Waals surface area contributed by atoms with Gasteiger partial charge in [0.15, 0.2) is 0 Å². The van der Waals surface area contributed by atoms with Crippen molar-refractivity contribution in [2.75, 3.05) is 27.8 Å². The van der Waals surface area contributed by atoms with Gasteiger partial charge in [0.05, 0.1) is 13.7 Å². The Labute approximate surface area is 103 Å². The maximum absolute atomic E-state index is 9.61. The largest absolute Gasteiger partial charge is 0.497 e. The van der Waals surface area contributed by atoms with Crippen molar-refractivity contribution in [1.82, 2.24) is 4.90 Å². The molecular formula is C14H21NO2. The number of rotatable bonds is 5. The molecule has 0 bridgehead atoms. The predicted molar refractivity (Wildman–Crippen MR) is 68.2 cm³/mol. The molecule has 1 saturated carbocycles. The summed E-state index contributed by atoms with van der Waals surface area (Å²) in [6, 6.07) is 8.42. The van der Waals surface area contributed by atoms with Gasteiger partial charge in [0.1, 0.15) is 5.75 Å². The molecule has 0 radical (unpaired) electrons. The highest BCUT2D eigenvalue weighted by atomic mass is 16.5. The van der Waals surface area contributed by atoms with Crippen LogP contribution in [0.15, 0.2) is 24.3 Å². The quantitative estimate of drug-likeness (QED) is 0.848. The molecule has 0 saturated heterocycles. The van der Waals surface area contributed by atoms with Gasteiger partial charge in [-0.05, 0) is 44.6 Å². The van der Waals surface area contributed by atoms with Gasteiger partial charge in [0.25, 0.3) is 0 Å². The summed E-state index contributed by atoms with van der Waals surface area (Å²) in [6.07, 6.45) is 2.20. The standard InChI is InChI=1S/C14H21NO2/c1-15(2)13(14(10-16)7-8-14)11-5-4-6-12(9-11)17-3/h4-6,9,13,16H,7-8,10H2,1-3H3. The number of ether oxygens (including phenoxy) is 1. The third kappa shape index (κ3) is 2.31. The summed E-state index contributed by atoms with van der Waals surface area (Å²) >= 11 is 0. The molecule has 1 aromatic rings. The zero-order valence-electron chi connectivity index (χ0n) is 10.8. The van der Waals surface area contributed by atoms with Crippen LogP contribution >= 0.6 is 0 Å². The summed E-state index contributed by atoms with van der Waals surface area (Å²) in [5.41, 5.74) is 1.27. The van der Waals surface area contributed by atoms with Crippen LogP contribution in [0, 0.1) is 5.41 Å². The van der Waals surface area contributed by atoms with Gasteiger partial charge in [-0.15, -0.1) is 0 Å². The molecule has 17 heavy (non-hydrogen) atoms. The van der Waals surface area contributed by atoms with Crippen LogP contribution in [0.3, 0.4) is 0 Å². The first-order chi connectivity index (χ1) is 8.13. The van der Waals surface area contributed by atoms with Gasteiger partial charge in [0.2, 0.25) is 0 Å². The van der Waals surface area contributed by atoms with Gasteiger partial charge in [-0.3, -0.25) is 0 Å². The Kier molecular flexibility index (Phi) is 3.40. The summed E-state index contributed by atoms with van der Waals surface area (Å²) in [7, 11) is 5.82. The molecule has 0 heterocycles. The number of hydrogen-bond acceptors (Lipinski definition) is 3. The van der Waals surface area contributed by atoms with E-state index in [9.17, 15) is 5.11 Å². The van der Waals surface area contributed by atoms with Crippen molar-refractivity contribution in [2.24, 2.45) is 5.41 Å². The lowest BCUT2D eigenvalue weighted by Crippen LogP contribution is -2.30. The fourth-order valence-electron chi connectivity index (χ4n) is 2.69. The lowest BCUT2D eigenvalue weighted by atomic mass is 9.89. The first kappa shape index (κ1) is 12.4. The van der Waals surface area contributed by atoms with Crippen LogP contribution < -0.4 is 4.74 Å². The van der Waals surface area contributed by atoms with Gasteiger partial charge in [-0.2, -0.15) is 0 Å². The molecule has 3 heteroatoms. The van der Waals surface area contributed by atoms with E-state index in [1.165, 1.54) is 5.56 Å². The third-order valence-corrected chi connectivity index (χ3v) is 3.71. The van der Waals surface area contributed by atoms with Crippen LogP contribution in [0.1, 0.15) is 24.4 Å². The maximum atomic E-state index is 9.61. The van der Waals surface area contributed by atoms with E-state index < -0.39 is 0 Å². The van der Waals surface area contributed by atoms with E-state index in [4.69, 9.17) is 4.74 Å². The normalized spacial score (nSPS) is 19.1. The summed E-state index contributed by atoms with van der Waals surface area (Å²) in [6.45, 7) is 0.257. The van der Waals surface area contributed by atoms with E-state index in [0.29, 0.717) is 0 Å². The van der Waals surface area contributed by atoms with Crippen molar-refractivity contribution >= 4 is 0 Å². The summed E-state index contributed by atoms with van der Waals surface area (Å²) in [5.74, 6) is 0.878. The van der Waals surface area contributed by atoms with Crippen molar-refractivity contribution < 1.29 is 9.84 Å². The molecule has 2 rings (SSSR count). The predicted octanol–water partition coefficient (Wildman–Crippen LogP) is 2.07. The average Bonchev–Trinajstić information content (AvgIpc) is 3.10. The minimum Gasteiger partial charge on any atom is -0.497 e. The summed E-state index contributed by atoms with van der Waals surface area (Å²) in [4.78, 5) is 2.19. The molecule has 1 atom stereocenters. The minimum absolute atomic E-state index is 0.0515. The van der Waals surface area contributed by atoms with E-state index in [0.717, 1.165) is 18.6 Å². The molecule has 1 aliphatic carbocycles. The molecule has 3 nitrogen and oxygen atoms in total. The Hall–Kier alpha value is -1.06. The second kappa shape index (κ2) is 4.67. The number of aliphatic hydroxyl groups excluding tert-OH is 1. The number of aliphatic hydroxyl groups is 1. The monoisotopic (exact) mass is 235 g/mol. The highest BCUT2D eigenvalue weighted by molar-refractivity contribution is 5.32. The Balaban J connectivity index is 2.33. The first-order valence-electron chi connectivity index (χ1n) is 6.04. The summed E-state index contributed by atoms with van der Waals surface area (Å²) in [5, 5.41) is 9.61. The van der Waals surface area contributed by atoms with Gasteiger partial charge in [-0.25, -0.2) is 0 Å². The lowest BCUT2D eigenvalue weighted by molar-refractivity contribution is 0.115. The molecule has 1 aliphatic rings. The maximum Gasteiger partial charge on any atom is 0.119 e. The topological polar surface area (TPSA) is 32.7 Å². The van der Waals surface area contributed by atoms with Gasteiger partial charge >= 0.3 is 0 Å². The smallest absolute Gasteiger partial charge is 0.119 e. The molecule has 1 unspecified atom stereocenters. The highest BCUT2D eigenvalue weighted by Crippen LogP contribution is 2.56. The Morgan fingerprint density at radius 2 is 2.12 bits per heavy atom. The molecule has 0 aliphatic heterocycles. The number of hydrogen-bond donors (Lipinski definition) is 1. The molecule has 1 aromatic carbocycles. The first-order valence-corrected chi connectivity index (χ1v) is 6.04. The van der Waals surface area contributed by atoms with Crippen LogP contribution in [0.4, 0.5) is 0 Å². The van der Waals surface area contributed by atoms with Crippen molar-refractivity contribution in [3.05, 3.63) is 29.8 Å². The molecule has 1 N–H and O–H groups in total. The van der Waals surface area contributed by atoms with Crippen LogP contribution in [0.2, 0.25) is 0 Å². The molecular weight excluding hydrogens is 214 g/mol. The van der Waals surface area contributed by atoms with Gasteiger partial charge in [-0.1, -0.05) is 12.1 Å². The molecule has 0 spiro atoms. The second-order valence-electron chi connectivity index (χ2n) is 5.16. The van der Waals surface area contributed by atoms with E-state index in [2.05, 4.69) is 31.1 Å². The number of methoxy groups -OCH3 is 1. The van der Waals surface area contributed by atoms with Gasteiger partial charge < -0.3 is 14.7 Å². The fraction of sp³-hybridized carbons (Fsp3) is 0.571. The lowest BCUT2D eigenvalue weighted by Gasteiger charge is -2.32. The number of nitrogens with zero attached hydrogens (tertiary/aromatic N) is 1. The second-order valence-corrected chi connectivity index (χ2v) is 5.16. The van der Waals surface area contributed by atoms with Crippen molar-refractivity contribution in [3.63, 3.8) is 0 Å². The van der Waals surface area contributed by atoms with E-state index >= 15 is 0 Å². The molecule has 0 aromatic heterocycles. The van der Waals surface area contributed by atoms with Crippen molar-refractivity contribution in [2.45, 2.75) is 18.9 Å². The van der Waals surface area contributed by atoms with Crippen LogP contribution in [0.5, 0.6) is 5.75 Å². The SMILES string of the molecule is COc1cccc(C(N(C)C)C2(CO)CC2)c1. The zero-order valence-corrected chi connectivity index (χ0v) is 10.8. The van der Waals surface area contributed by atoms with Crippen molar-refractivity contribution in [3.8, 4) is 5.75 Å². The molecule has 0 amide bonds. The fourth-order valence-corrected chi connectivity index (χ4v) is 2.69. The Bertz CT molecular complexity index is 386. The third-order valence-electron chi connectivity index (χ3n) is 3.71. The van der Waals surface area contributed by atoms with E-state index in [-0.39, 0.29) is 18.1 Å². The van der Waals surface area contributed by atoms with Crippen LogP contribution in [0.25, 0.3) is 0 Å². The minimum atomic E-state index is 0.0515. The van der Waals surface area contributed by atoms with Crippen LogP contribution in [-0.4, -0.2) is 37.8 Å². The van der Waals surface area contributed by atoms with Crippen molar-refractivity contribution in [1.29, 1.82) is 0 Å².